The number of nitrogens with zero attached hydrogens (tertiary/aromatic N) is 2. The van der Waals surface area contributed by atoms with Crippen LogP contribution in [0.15, 0.2) is 18.3 Å². The Bertz CT molecular complexity index is 274. The molecule has 1 aromatic rings. The van der Waals surface area contributed by atoms with Crippen molar-refractivity contribution in [2.45, 2.75) is 13.3 Å². The van der Waals surface area contributed by atoms with Gasteiger partial charge in [0.2, 0.25) is 0 Å². The number of pyridine rings is 1. The van der Waals surface area contributed by atoms with Crippen LogP contribution >= 0.6 is 11.6 Å². The SMILES string of the molecule is CCCNCCN(C)c1ccc(Cl)cn1. The second-order valence-corrected chi connectivity index (χ2v) is 3.94. The van der Waals surface area contributed by atoms with E-state index in [4.69, 9.17) is 11.6 Å². The van der Waals surface area contributed by atoms with Crippen LogP contribution in [0.25, 0.3) is 0 Å². The molecule has 0 atom stereocenters. The van der Waals surface area contributed by atoms with Crippen LogP contribution in [0.2, 0.25) is 5.02 Å². The maximum Gasteiger partial charge on any atom is 0.128 e. The third-order valence-corrected chi connectivity index (χ3v) is 2.38. The Morgan fingerprint density at radius 1 is 1.40 bits per heavy atom. The summed E-state index contributed by atoms with van der Waals surface area (Å²) in [4.78, 5) is 6.35. The van der Waals surface area contributed by atoms with Crippen molar-refractivity contribution < 1.29 is 0 Å². The van der Waals surface area contributed by atoms with E-state index in [1.54, 1.807) is 6.20 Å². The van der Waals surface area contributed by atoms with Gasteiger partial charge in [0.05, 0.1) is 5.02 Å². The third kappa shape index (κ3) is 4.49. The van der Waals surface area contributed by atoms with Gasteiger partial charge >= 0.3 is 0 Å². The van der Waals surface area contributed by atoms with Gasteiger partial charge in [-0.1, -0.05) is 18.5 Å². The number of nitrogens with one attached hydrogen (secondary N) is 1. The molecule has 0 unspecified atom stereocenters. The van der Waals surface area contributed by atoms with Crippen molar-refractivity contribution in [1.82, 2.24) is 10.3 Å². The Hall–Kier alpha value is -0.800. The average molecular weight is 228 g/mol. The highest BCUT2D eigenvalue weighted by Gasteiger charge is 2.00. The second kappa shape index (κ2) is 6.64. The summed E-state index contributed by atoms with van der Waals surface area (Å²) in [5.41, 5.74) is 0. The van der Waals surface area contributed by atoms with Crippen LogP contribution < -0.4 is 10.2 Å². The van der Waals surface area contributed by atoms with Crippen LogP contribution in [0.5, 0.6) is 0 Å². The average Bonchev–Trinajstić information content (AvgIpc) is 2.25. The molecule has 84 valence electrons. The fourth-order valence-corrected chi connectivity index (χ4v) is 1.37. The molecule has 0 saturated heterocycles. The summed E-state index contributed by atoms with van der Waals surface area (Å²) in [6.07, 6.45) is 2.84. The molecule has 0 aliphatic heterocycles. The molecule has 0 spiro atoms. The Morgan fingerprint density at radius 2 is 2.20 bits per heavy atom. The van der Waals surface area contributed by atoms with E-state index in [1.165, 1.54) is 6.42 Å². The van der Waals surface area contributed by atoms with Gasteiger partial charge < -0.3 is 10.2 Å². The molecule has 1 N–H and O–H groups in total. The number of aromatic nitrogens is 1. The van der Waals surface area contributed by atoms with Gasteiger partial charge in [-0.25, -0.2) is 4.98 Å². The van der Waals surface area contributed by atoms with Gasteiger partial charge in [-0.2, -0.15) is 0 Å². The standard InChI is InChI=1S/C11H18ClN3/c1-3-6-13-7-8-15(2)11-5-4-10(12)9-14-11/h4-5,9,13H,3,6-8H2,1-2H3. The van der Waals surface area contributed by atoms with Crippen molar-refractivity contribution in [3.8, 4) is 0 Å². The van der Waals surface area contributed by atoms with E-state index in [-0.39, 0.29) is 0 Å². The zero-order chi connectivity index (χ0) is 11.1. The number of anilines is 1. The first-order valence-corrected chi connectivity index (χ1v) is 5.65. The number of hydrogen-bond acceptors (Lipinski definition) is 3. The highest BCUT2D eigenvalue weighted by atomic mass is 35.5. The number of rotatable bonds is 6. The van der Waals surface area contributed by atoms with E-state index < -0.39 is 0 Å². The van der Waals surface area contributed by atoms with Crippen molar-refractivity contribution in [3.05, 3.63) is 23.4 Å². The molecule has 4 heteroatoms. The molecule has 0 amide bonds. The van der Waals surface area contributed by atoms with Gasteiger partial charge in [-0.15, -0.1) is 0 Å². The first-order chi connectivity index (χ1) is 7.24. The summed E-state index contributed by atoms with van der Waals surface area (Å²) in [5.74, 6) is 0.956. The molecule has 15 heavy (non-hydrogen) atoms. The van der Waals surface area contributed by atoms with Crippen molar-refractivity contribution in [2.24, 2.45) is 0 Å². The summed E-state index contributed by atoms with van der Waals surface area (Å²) >= 11 is 5.77. The molecular weight excluding hydrogens is 210 g/mol. The van der Waals surface area contributed by atoms with Crippen LogP contribution in [0, 0.1) is 0 Å². The number of likely N-dealkylation sites (N-methyl/N-ethyl adjacent to an activating group) is 1. The topological polar surface area (TPSA) is 28.2 Å². The van der Waals surface area contributed by atoms with E-state index >= 15 is 0 Å². The summed E-state index contributed by atoms with van der Waals surface area (Å²) in [6.45, 7) is 5.17. The fraction of sp³-hybridized carbons (Fsp3) is 0.545. The van der Waals surface area contributed by atoms with Gasteiger partial charge in [-0.3, -0.25) is 0 Å². The predicted molar refractivity (Wildman–Crippen MR) is 65.7 cm³/mol. The lowest BCUT2D eigenvalue weighted by Crippen LogP contribution is -2.29. The van der Waals surface area contributed by atoms with Crippen LogP contribution in [0.4, 0.5) is 5.82 Å². The van der Waals surface area contributed by atoms with Crippen molar-refractivity contribution in [1.29, 1.82) is 0 Å². The highest BCUT2D eigenvalue weighted by molar-refractivity contribution is 6.30. The van der Waals surface area contributed by atoms with Gasteiger partial charge in [0.15, 0.2) is 0 Å². The lowest BCUT2D eigenvalue weighted by Gasteiger charge is -2.18. The van der Waals surface area contributed by atoms with Gasteiger partial charge in [-0.05, 0) is 25.1 Å². The van der Waals surface area contributed by atoms with Crippen LogP contribution in [0.3, 0.4) is 0 Å². The van der Waals surface area contributed by atoms with E-state index in [0.29, 0.717) is 5.02 Å². The smallest absolute Gasteiger partial charge is 0.128 e. The normalized spacial score (nSPS) is 10.3. The minimum absolute atomic E-state index is 0.677. The zero-order valence-corrected chi connectivity index (χ0v) is 10.1. The quantitative estimate of drug-likeness (QED) is 0.756. The minimum Gasteiger partial charge on any atom is -0.358 e. The molecular formula is C11H18ClN3. The lowest BCUT2D eigenvalue weighted by molar-refractivity contribution is 0.664. The Labute approximate surface area is 96.5 Å². The first kappa shape index (κ1) is 12.3. The third-order valence-electron chi connectivity index (χ3n) is 2.15. The Kier molecular flexibility index (Phi) is 5.43. The summed E-state index contributed by atoms with van der Waals surface area (Å²) in [7, 11) is 2.03. The van der Waals surface area contributed by atoms with Gasteiger partial charge in [0.25, 0.3) is 0 Å². The van der Waals surface area contributed by atoms with E-state index in [0.717, 1.165) is 25.5 Å². The first-order valence-electron chi connectivity index (χ1n) is 5.27. The molecule has 0 aromatic carbocycles. The molecule has 0 bridgehead atoms. The molecule has 0 aliphatic rings. The summed E-state index contributed by atoms with van der Waals surface area (Å²) in [5, 5.41) is 4.03. The zero-order valence-electron chi connectivity index (χ0n) is 9.33. The van der Waals surface area contributed by atoms with E-state index in [9.17, 15) is 0 Å². The van der Waals surface area contributed by atoms with Crippen molar-refractivity contribution in [3.63, 3.8) is 0 Å². The Balaban J connectivity index is 2.33. The molecule has 1 rings (SSSR count). The maximum absolute atomic E-state index is 5.77. The summed E-state index contributed by atoms with van der Waals surface area (Å²) < 4.78 is 0. The number of halogens is 1. The van der Waals surface area contributed by atoms with Gasteiger partial charge in [0, 0.05) is 26.3 Å². The Morgan fingerprint density at radius 3 is 2.80 bits per heavy atom. The van der Waals surface area contributed by atoms with Crippen LogP contribution in [0.1, 0.15) is 13.3 Å². The largest absolute Gasteiger partial charge is 0.358 e. The van der Waals surface area contributed by atoms with Crippen molar-refractivity contribution >= 4 is 17.4 Å². The fourth-order valence-electron chi connectivity index (χ4n) is 1.26. The molecule has 1 aromatic heterocycles. The molecule has 0 saturated carbocycles. The monoisotopic (exact) mass is 227 g/mol. The summed E-state index contributed by atoms with van der Waals surface area (Å²) in [6, 6.07) is 3.79. The molecule has 0 radical (unpaired) electrons. The highest BCUT2D eigenvalue weighted by Crippen LogP contribution is 2.12. The molecule has 0 fully saturated rings. The molecule has 1 heterocycles. The van der Waals surface area contributed by atoms with Gasteiger partial charge in [0.1, 0.15) is 5.82 Å². The van der Waals surface area contributed by atoms with Crippen LogP contribution in [-0.2, 0) is 0 Å². The predicted octanol–water partition coefficient (Wildman–Crippen LogP) is 2.17. The molecule has 0 aliphatic carbocycles. The number of hydrogen-bond donors (Lipinski definition) is 1. The second-order valence-electron chi connectivity index (χ2n) is 3.51. The van der Waals surface area contributed by atoms with Crippen molar-refractivity contribution in [2.75, 3.05) is 31.6 Å². The lowest BCUT2D eigenvalue weighted by atomic mass is 10.4. The minimum atomic E-state index is 0.677. The maximum atomic E-state index is 5.77. The van der Waals surface area contributed by atoms with E-state index in [2.05, 4.69) is 22.1 Å². The van der Waals surface area contributed by atoms with E-state index in [1.807, 2.05) is 19.2 Å². The van der Waals surface area contributed by atoms with Crippen LogP contribution in [-0.4, -0.2) is 31.7 Å². The molecule has 3 nitrogen and oxygen atoms in total.